The van der Waals surface area contributed by atoms with Gasteiger partial charge in [-0.15, -0.1) is 0 Å². The lowest BCUT2D eigenvalue weighted by Gasteiger charge is -2.11. The van der Waals surface area contributed by atoms with Gasteiger partial charge in [-0.3, -0.25) is 9.59 Å². The molecule has 0 aromatic carbocycles. The lowest BCUT2D eigenvalue weighted by Crippen LogP contribution is -2.38. The Kier molecular flexibility index (Phi) is 4.46. The highest BCUT2D eigenvalue weighted by Gasteiger charge is 2.19. The second-order valence-electron chi connectivity index (χ2n) is 4.87. The van der Waals surface area contributed by atoms with Gasteiger partial charge in [0.2, 0.25) is 0 Å². The standard InChI is InChI=1S/C14H15ClN4O3/c1-7-6-8(2)19(18-7)11-5-4-10(15)12(17-11)13(20)16-9(3)14(21)22/h4-6,9H,1-3H3,(H,16,20)(H,21,22)/t9-/m1/s1. The minimum absolute atomic E-state index is 0.0418. The van der Waals surface area contributed by atoms with Crippen LogP contribution in [0.15, 0.2) is 18.2 Å². The normalized spacial score (nSPS) is 12.0. The first-order valence-corrected chi connectivity index (χ1v) is 6.91. The van der Waals surface area contributed by atoms with E-state index in [1.165, 1.54) is 13.0 Å². The Morgan fingerprint density at radius 2 is 2.05 bits per heavy atom. The number of aryl methyl sites for hydroxylation is 2. The van der Waals surface area contributed by atoms with Crippen molar-refractivity contribution in [1.82, 2.24) is 20.1 Å². The van der Waals surface area contributed by atoms with Crippen LogP contribution in [-0.4, -0.2) is 37.8 Å². The van der Waals surface area contributed by atoms with E-state index in [0.29, 0.717) is 5.82 Å². The van der Waals surface area contributed by atoms with Crippen LogP contribution in [0, 0.1) is 13.8 Å². The smallest absolute Gasteiger partial charge is 0.325 e. The molecule has 0 unspecified atom stereocenters. The van der Waals surface area contributed by atoms with Crippen molar-refractivity contribution in [2.75, 3.05) is 0 Å². The molecular weight excluding hydrogens is 308 g/mol. The number of nitrogens with one attached hydrogen (secondary N) is 1. The van der Waals surface area contributed by atoms with Crippen LogP contribution in [0.5, 0.6) is 0 Å². The van der Waals surface area contributed by atoms with Crippen molar-refractivity contribution in [1.29, 1.82) is 0 Å². The quantitative estimate of drug-likeness (QED) is 0.893. The van der Waals surface area contributed by atoms with Crippen molar-refractivity contribution in [3.63, 3.8) is 0 Å². The fourth-order valence-electron chi connectivity index (χ4n) is 1.90. The minimum Gasteiger partial charge on any atom is -0.480 e. The van der Waals surface area contributed by atoms with Crippen LogP contribution in [0.3, 0.4) is 0 Å². The summed E-state index contributed by atoms with van der Waals surface area (Å²) in [5.41, 5.74) is 1.64. The molecule has 2 aromatic heterocycles. The summed E-state index contributed by atoms with van der Waals surface area (Å²) in [5, 5.41) is 15.6. The third kappa shape index (κ3) is 3.25. The first-order chi connectivity index (χ1) is 10.3. The molecule has 0 saturated carbocycles. The predicted molar refractivity (Wildman–Crippen MR) is 80.4 cm³/mol. The van der Waals surface area contributed by atoms with Gasteiger partial charge in [0.15, 0.2) is 5.82 Å². The number of hydrogen-bond donors (Lipinski definition) is 2. The van der Waals surface area contributed by atoms with Gasteiger partial charge in [-0.25, -0.2) is 9.67 Å². The highest BCUT2D eigenvalue weighted by molar-refractivity contribution is 6.33. The zero-order chi connectivity index (χ0) is 16.4. The number of pyridine rings is 1. The van der Waals surface area contributed by atoms with Gasteiger partial charge in [0, 0.05) is 5.69 Å². The second-order valence-corrected chi connectivity index (χ2v) is 5.28. The SMILES string of the molecule is Cc1cc(C)n(-c2ccc(Cl)c(C(=O)N[C@H](C)C(=O)O)n2)n1. The molecular formula is C14H15ClN4O3. The van der Waals surface area contributed by atoms with Crippen molar-refractivity contribution >= 4 is 23.5 Å². The average molecular weight is 323 g/mol. The highest BCUT2D eigenvalue weighted by atomic mass is 35.5. The monoisotopic (exact) mass is 322 g/mol. The van der Waals surface area contributed by atoms with Crippen LogP contribution in [0.1, 0.15) is 28.8 Å². The van der Waals surface area contributed by atoms with Gasteiger partial charge in [0.05, 0.1) is 10.7 Å². The van der Waals surface area contributed by atoms with Crippen LogP contribution < -0.4 is 5.32 Å². The molecule has 2 rings (SSSR count). The van der Waals surface area contributed by atoms with Gasteiger partial charge in [0.1, 0.15) is 11.7 Å². The molecule has 1 atom stereocenters. The molecule has 22 heavy (non-hydrogen) atoms. The molecule has 1 amide bonds. The summed E-state index contributed by atoms with van der Waals surface area (Å²) in [5.74, 6) is -1.36. The summed E-state index contributed by atoms with van der Waals surface area (Å²) < 4.78 is 1.59. The molecule has 0 spiro atoms. The summed E-state index contributed by atoms with van der Waals surface area (Å²) >= 11 is 5.99. The number of carbonyl (C=O) groups excluding carboxylic acids is 1. The van der Waals surface area contributed by atoms with Crippen LogP contribution in [0.4, 0.5) is 0 Å². The molecule has 0 aliphatic carbocycles. The molecule has 0 aliphatic heterocycles. The number of nitrogens with zero attached hydrogens (tertiary/aromatic N) is 3. The first-order valence-electron chi connectivity index (χ1n) is 6.53. The number of rotatable bonds is 4. The molecule has 2 N–H and O–H groups in total. The topological polar surface area (TPSA) is 97.1 Å². The van der Waals surface area contributed by atoms with E-state index in [-0.39, 0.29) is 10.7 Å². The maximum Gasteiger partial charge on any atom is 0.325 e. The van der Waals surface area contributed by atoms with Crippen molar-refractivity contribution in [2.24, 2.45) is 0 Å². The van der Waals surface area contributed by atoms with Crippen molar-refractivity contribution < 1.29 is 14.7 Å². The summed E-state index contributed by atoms with van der Waals surface area (Å²) in [6, 6.07) is 4.00. The third-order valence-electron chi connectivity index (χ3n) is 2.99. The third-order valence-corrected chi connectivity index (χ3v) is 3.30. The van der Waals surface area contributed by atoms with Crippen LogP contribution in [0.25, 0.3) is 5.82 Å². The summed E-state index contributed by atoms with van der Waals surface area (Å²) in [6.45, 7) is 5.07. The Balaban J connectivity index is 2.37. The largest absolute Gasteiger partial charge is 0.480 e. The van der Waals surface area contributed by atoms with Gasteiger partial charge in [0.25, 0.3) is 5.91 Å². The van der Waals surface area contributed by atoms with E-state index in [1.807, 2.05) is 19.9 Å². The number of carboxylic acids is 1. The van der Waals surface area contributed by atoms with E-state index < -0.39 is 17.9 Å². The second kappa shape index (κ2) is 6.15. The number of hydrogen-bond acceptors (Lipinski definition) is 4. The molecule has 116 valence electrons. The summed E-state index contributed by atoms with van der Waals surface area (Å²) in [6.07, 6.45) is 0. The van der Waals surface area contributed by atoms with Crippen molar-refractivity contribution in [3.8, 4) is 5.82 Å². The lowest BCUT2D eigenvalue weighted by atomic mass is 10.3. The Bertz CT molecular complexity index is 742. The van der Waals surface area contributed by atoms with Crippen molar-refractivity contribution in [3.05, 3.63) is 40.3 Å². The lowest BCUT2D eigenvalue weighted by molar-refractivity contribution is -0.138. The minimum atomic E-state index is -1.14. The molecule has 0 fully saturated rings. The number of aliphatic carboxylic acids is 1. The number of amides is 1. The predicted octanol–water partition coefficient (Wildman–Crippen LogP) is 1.74. The van der Waals surface area contributed by atoms with E-state index in [4.69, 9.17) is 16.7 Å². The van der Waals surface area contributed by atoms with Gasteiger partial charge < -0.3 is 10.4 Å². The zero-order valence-electron chi connectivity index (χ0n) is 12.3. The molecule has 0 saturated heterocycles. The summed E-state index contributed by atoms with van der Waals surface area (Å²) in [4.78, 5) is 27.1. The number of halogens is 1. The fourth-order valence-corrected chi connectivity index (χ4v) is 2.09. The number of carboxylic acid groups (broad SMARTS) is 1. The average Bonchev–Trinajstić information content (AvgIpc) is 2.78. The molecule has 0 radical (unpaired) electrons. The van der Waals surface area contributed by atoms with E-state index in [1.54, 1.807) is 10.7 Å². The Labute approximate surface area is 131 Å². The zero-order valence-corrected chi connectivity index (χ0v) is 13.0. The summed E-state index contributed by atoms with van der Waals surface area (Å²) in [7, 11) is 0. The Hall–Kier alpha value is -2.41. The maximum absolute atomic E-state index is 12.1. The molecule has 2 aromatic rings. The number of carbonyl (C=O) groups is 2. The fraction of sp³-hybridized carbons (Fsp3) is 0.286. The highest BCUT2D eigenvalue weighted by Crippen LogP contribution is 2.17. The van der Waals surface area contributed by atoms with E-state index in [2.05, 4.69) is 15.4 Å². The van der Waals surface area contributed by atoms with Crippen LogP contribution >= 0.6 is 11.6 Å². The molecule has 2 heterocycles. The Morgan fingerprint density at radius 1 is 1.36 bits per heavy atom. The molecule has 7 nitrogen and oxygen atoms in total. The van der Waals surface area contributed by atoms with Crippen LogP contribution in [0.2, 0.25) is 5.02 Å². The molecule has 0 bridgehead atoms. The van der Waals surface area contributed by atoms with Crippen LogP contribution in [-0.2, 0) is 4.79 Å². The van der Waals surface area contributed by atoms with Gasteiger partial charge in [-0.05, 0) is 39.0 Å². The first kappa shape index (κ1) is 16.0. The number of aromatic nitrogens is 3. The Morgan fingerprint density at radius 3 is 2.59 bits per heavy atom. The van der Waals surface area contributed by atoms with E-state index >= 15 is 0 Å². The van der Waals surface area contributed by atoms with Gasteiger partial charge in [-0.1, -0.05) is 11.6 Å². The van der Waals surface area contributed by atoms with Gasteiger partial charge >= 0.3 is 5.97 Å². The molecule has 0 aliphatic rings. The maximum atomic E-state index is 12.1. The molecule has 8 heteroatoms. The van der Waals surface area contributed by atoms with Gasteiger partial charge in [-0.2, -0.15) is 5.10 Å². The van der Waals surface area contributed by atoms with E-state index in [0.717, 1.165) is 11.4 Å². The van der Waals surface area contributed by atoms with E-state index in [9.17, 15) is 9.59 Å². The van der Waals surface area contributed by atoms with Crippen molar-refractivity contribution in [2.45, 2.75) is 26.8 Å².